The summed E-state index contributed by atoms with van der Waals surface area (Å²) in [6, 6.07) is 7.19. The van der Waals surface area contributed by atoms with E-state index in [-0.39, 0.29) is 18.7 Å². The quantitative estimate of drug-likeness (QED) is 0.741. The highest BCUT2D eigenvalue weighted by Crippen LogP contribution is 2.08. The number of rotatable bonds is 6. The van der Waals surface area contributed by atoms with Gasteiger partial charge in [-0.2, -0.15) is 0 Å². The zero-order valence-corrected chi connectivity index (χ0v) is 10.4. The van der Waals surface area contributed by atoms with E-state index in [1.807, 2.05) is 12.1 Å². The van der Waals surface area contributed by atoms with Crippen molar-refractivity contribution in [2.24, 2.45) is 0 Å². The Morgan fingerprint density at radius 3 is 2.72 bits per heavy atom. The Kier molecular flexibility index (Phi) is 5.17. The van der Waals surface area contributed by atoms with Crippen LogP contribution in [0.3, 0.4) is 0 Å². The molecule has 1 aromatic rings. The standard InChI is InChI=1S/C13H18N2O3/c1-15(7-3-6-13(17)18)12(16)9-10-4-2-5-11(14)8-10/h2,4-5,8H,3,6-7,9,14H2,1H3,(H,17,18). The van der Waals surface area contributed by atoms with E-state index in [0.29, 0.717) is 18.7 Å². The van der Waals surface area contributed by atoms with Crippen molar-refractivity contribution in [3.63, 3.8) is 0 Å². The summed E-state index contributed by atoms with van der Waals surface area (Å²) < 4.78 is 0. The summed E-state index contributed by atoms with van der Waals surface area (Å²) in [5.74, 6) is -0.877. The number of anilines is 1. The summed E-state index contributed by atoms with van der Waals surface area (Å²) in [5, 5.41) is 8.51. The lowest BCUT2D eigenvalue weighted by Crippen LogP contribution is -2.29. The Bertz CT molecular complexity index is 432. The number of carbonyl (C=O) groups is 2. The third kappa shape index (κ3) is 4.86. The van der Waals surface area contributed by atoms with Gasteiger partial charge in [0.2, 0.25) is 5.91 Å². The van der Waals surface area contributed by atoms with Crippen LogP contribution in [0.2, 0.25) is 0 Å². The normalized spacial score (nSPS) is 10.1. The highest BCUT2D eigenvalue weighted by molar-refractivity contribution is 5.78. The molecular formula is C13H18N2O3. The molecule has 3 N–H and O–H groups in total. The summed E-state index contributed by atoms with van der Waals surface area (Å²) in [5.41, 5.74) is 7.13. The molecule has 18 heavy (non-hydrogen) atoms. The fourth-order valence-corrected chi connectivity index (χ4v) is 1.60. The lowest BCUT2D eigenvalue weighted by atomic mass is 10.1. The van der Waals surface area contributed by atoms with Crippen LogP contribution in [-0.2, 0) is 16.0 Å². The maximum absolute atomic E-state index is 11.8. The van der Waals surface area contributed by atoms with Crippen molar-refractivity contribution >= 4 is 17.6 Å². The van der Waals surface area contributed by atoms with Gasteiger partial charge < -0.3 is 15.7 Å². The number of nitrogens with two attached hydrogens (primary N) is 1. The van der Waals surface area contributed by atoms with Gasteiger partial charge in [-0.25, -0.2) is 0 Å². The van der Waals surface area contributed by atoms with E-state index in [1.54, 1.807) is 24.1 Å². The molecule has 0 saturated heterocycles. The lowest BCUT2D eigenvalue weighted by molar-refractivity contribution is -0.138. The third-order valence-electron chi connectivity index (χ3n) is 2.62. The van der Waals surface area contributed by atoms with Gasteiger partial charge in [-0.3, -0.25) is 9.59 Å². The molecule has 0 aliphatic rings. The number of aliphatic carboxylic acids is 1. The molecule has 98 valence electrons. The molecule has 5 nitrogen and oxygen atoms in total. The molecule has 0 fully saturated rings. The summed E-state index contributed by atoms with van der Waals surface area (Å²) >= 11 is 0. The number of nitrogens with zero attached hydrogens (tertiary/aromatic N) is 1. The lowest BCUT2D eigenvalue weighted by Gasteiger charge is -2.16. The minimum Gasteiger partial charge on any atom is -0.481 e. The molecule has 0 spiro atoms. The number of carbonyl (C=O) groups excluding carboxylic acids is 1. The second-order valence-corrected chi connectivity index (χ2v) is 4.23. The molecular weight excluding hydrogens is 232 g/mol. The van der Waals surface area contributed by atoms with Gasteiger partial charge >= 0.3 is 5.97 Å². The second kappa shape index (κ2) is 6.64. The Morgan fingerprint density at radius 1 is 1.39 bits per heavy atom. The molecule has 0 aliphatic carbocycles. The van der Waals surface area contributed by atoms with E-state index in [4.69, 9.17) is 10.8 Å². The van der Waals surface area contributed by atoms with Crippen molar-refractivity contribution in [2.75, 3.05) is 19.3 Å². The largest absolute Gasteiger partial charge is 0.481 e. The van der Waals surface area contributed by atoms with Crippen LogP contribution in [-0.4, -0.2) is 35.5 Å². The number of amides is 1. The molecule has 0 bridgehead atoms. The van der Waals surface area contributed by atoms with Gasteiger partial charge in [0.15, 0.2) is 0 Å². The number of nitrogen functional groups attached to an aromatic ring is 1. The van der Waals surface area contributed by atoms with Gasteiger partial charge in [0.1, 0.15) is 0 Å². The first-order valence-electron chi connectivity index (χ1n) is 5.79. The minimum atomic E-state index is -0.841. The van der Waals surface area contributed by atoms with Crippen molar-refractivity contribution in [3.05, 3.63) is 29.8 Å². The van der Waals surface area contributed by atoms with Crippen LogP contribution in [0.15, 0.2) is 24.3 Å². The fourth-order valence-electron chi connectivity index (χ4n) is 1.60. The van der Waals surface area contributed by atoms with Crippen molar-refractivity contribution in [3.8, 4) is 0 Å². The minimum absolute atomic E-state index is 0.0361. The van der Waals surface area contributed by atoms with Crippen LogP contribution in [0.4, 0.5) is 5.69 Å². The number of hydrogen-bond acceptors (Lipinski definition) is 3. The predicted octanol–water partition coefficient (Wildman–Crippen LogP) is 1.13. The Morgan fingerprint density at radius 2 is 2.11 bits per heavy atom. The summed E-state index contributed by atoms with van der Waals surface area (Å²) in [6.45, 7) is 0.452. The first-order chi connectivity index (χ1) is 8.49. The van der Waals surface area contributed by atoms with E-state index in [0.717, 1.165) is 5.56 Å². The van der Waals surface area contributed by atoms with Crippen molar-refractivity contribution in [1.29, 1.82) is 0 Å². The van der Waals surface area contributed by atoms with Gasteiger partial charge in [0.05, 0.1) is 6.42 Å². The molecule has 1 rings (SSSR count). The van der Waals surface area contributed by atoms with Crippen LogP contribution in [0, 0.1) is 0 Å². The van der Waals surface area contributed by atoms with Crippen molar-refractivity contribution in [1.82, 2.24) is 4.90 Å². The zero-order chi connectivity index (χ0) is 13.5. The first-order valence-corrected chi connectivity index (χ1v) is 5.79. The molecule has 0 radical (unpaired) electrons. The van der Waals surface area contributed by atoms with Gasteiger partial charge in [-0.05, 0) is 24.1 Å². The highest BCUT2D eigenvalue weighted by atomic mass is 16.4. The number of likely N-dealkylation sites (N-methyl/N-ethyl adjacent to an activating group) is 1. The van der Waals surface area contributed by atoms with Crippen LogP contribution in [0.5, 0.6) is 0 Å². The van der Waals surface area contributed by atoms with Crippen LogP contribution in [0.1, 0.15) is 18.4 Å². The third-order valence-corrected chi connectivity index (χ3v) is 2.62. The van der Waals surface area contributed by atoms with E-state index in [2.05, 4.69) is 0 Å². The van der Waals surface area contributed by atoms with Crippen LogP contribution >= 0.6 is 0 Å². The first kappa shape index (κ1) is 14.0. The Labute approximate surface area is 106 Å². The van der Waals surface area contributed by atoms with Gasteiger partial charge in [-0.15, -0.1) is 0 Å². The monoisotopic (exact) mass is 250 g/mol. The van der Waals surface area contributed by atoms with Gasteiger partial charge in [0, 0.05) is 25.7 Å². The molecule has 5 heteroatoms. The Balaban J connectivity index is 2.42. The maximum atomic E-state index is 11.8. The van der Waals surface area contributed by atoms with Gasteiger partial charge in [-0.1, -0.05) is 12.1 Å². The summed E-state index contributed by atoms with van der Waals surface area (Å²) in [4.78, 5) is 23.7. The molecule has 0 aromatic heterocycles. The molecule has 0 atom stereocenters. The fraction of sp³-hybridized carbons (Fsp3) is 0.385. The number of benzene rings is 1. The van der Waals surface area contributed by atoms with E-state index in [9.17, 15) is 9.59 Å². The number of carboxylic acid groups (broad SMARTS) is 1. The zero-order valence-electron chi connectivity index (χ0n) is 10.4. The van der Waals surface area contributed by atoms with E-state index in [1.165, 1.54) is 0 Å². The summed E-state index contributed by atoms with van der Waals surface area (Å²) in [7, 11) is 1.68. The van der Waals surface area contributed by atoms with E-state index < -0.39 is 5.97 Å². The Hall–Kier alpha value is -2.04. The molecule has 0 heterocycles. The second-order valence-electron chi connectivity index (χ2n) is 4.23. The molecule has 1 amide bonds. The SMILES string of the molecule is CN(CCCC(=O)O)C(=O)Cc1cccc(N)c1. The van der Waals surface area contributed by atoms with E-state index >= 15 is 0 Å². The molecule has 0 aliphatic heterocycles. The van der Waals surface area contributed by atoms with Crippen LogP contribution in [0.25, 0.3) is 0 Å². The summed E-state index contributed by atoms with van der Waals surface area (Å²) in [6.07, 6.45) is 0.832. The number of carboxylic acids is 1. The van der Waals surface area contributed by atoms with Gasteiger partial charge in [0.25, 0.3) is 0 Å². The van der Waals surface area contributed by atoms with Crippen molar-refractivity contribution in [2.45, 2.75) is 19.3 Å². The number of hydrogen-bond donors (Lipinski definition) is 2. The topological polar surface area (TPSA) is 83.6 Å². The highest BCUT2D eigenvalue weighted by Gasteiger charge is 2.10. The smallest absolute Gasteiger partial charge is 0.303 e. The predicted molar refractivity (Wildman–Crippen MR) is 69.1 cm³/mol. The van der Waals surface area contributed by atoms with Crippen molar-refractivity contribution < 1.29 is 14.7 Å². The van der Waals surface area contributed by atoms with Crippen LogP contribution < -0.4 is 5.73 Å². The average molecular weight is 250 g/mol. The average Bonchev–Trinajstić information content (AvgIpc) is 2.28. The maximum Gasteiger partial charge on any atom is 0.303 e. The molecule has 1 aromatic carbocycles. The molecule has 0 saturated carbocycles. The molecule has 0 unspecified atom stereocenters.